The Labute approximate surface area is 108 Å². The van der Waals surface area contributed by atoms with Crippen LogP contribution in [0.25, 0.3) is 0 Å². The molecule has 94 valence electrons. The van der Waals surface area contributed by atoms with Crippen LogP contribution in [0.5, 0.6) is 0 Å². The van der Waals surface area contributed by atoms with Gasteiger partial charge in [-0.3, -0.25) is 10.8 Å². The molecule has 1 heterocycles. The molecule has 3 N–H and O–H groups in total. The molecule has 3 nitrogen and oxygen atoms in total. The van der Waals surface area contributed by atoms with Crippen LogP contribution in [0.2, 0.25) is 0 Å². The summed E-state index contributed by atoms with van der Waals surface area (Å²) in [5.74, 6) is 5.70. The van der Waals surface area contributed by atoms with Gasteiger partial charge in [0.1, 0.15) is 0 Å². The Morgan fingerprint density at radius 3 is 2.44 bits per heavy atom. The van der Waals surface area contributed by atoms with Crippen molar-refractivity contribution >= 4 is 0 Å². The molecule has 2 aromatic rings. The van der Waals surface area contributed by atoms with Gasteiger partial charge in [-0.15, -0.1) is 0 Å². The van der Waals surface area contributed by atoms with Crippen molar-refractivity contribution in [2.24, 2.45) is 5.84 Å². The van der Waals surface area contributed by atoms with Gasteiger partial charge in [0.25, 0.3) is 0 Å². The first-order chi connectivity index (χ1) is 8.63. The molecule has 1 aromatic heterocycles. The smallest absolute Gasteiger partial charge is 0.0884 e. The monoisotopic (exact) mass is 241 g/mol. The molecule has 1 unspecified atom stereocenters. The molecule has 0 aliphatic carbocycles. The molecule has 0 bridgehead atoms. The number of aromatic nitrogens is 1. The van der Waals surface area contributed by atoms with Crippen LogP contribution in [-0.2, 0) is 0 Å². The zero-order chi connectivity index (χ0) is 13.1. The van der Waals surface area contributed by atoms with Crippen LogP contribution >= 0.6 is 0 Å². The van der Waals surface area contributed by atoms with Crippen molar-refractivity contribution in [2.45, 2.75) is 26.8 Å². The van der Waals surface area contributed by atoms with Crippen LogP contribution < -0.4 is 11.3 Å². The fourth-order valence-electron chi connectivity index (χ4n) is 2.08. The molecule has 0 saturated carbocycles. The lowest BCUT2D eigenvalue weighted by Gasteiger charge is -2.18. The van der Waals surface area contributed by atoms with Crippen LogP contribution in [0.15, 0.2) is 36.5 Å². The summed E-state index contributed by atoms with van der Waals surface area (Å²) in [7, 11) is 0. The third-order valence-corrected chi connectivity index (χ3v) is 3.35. The maximum absolute atomic E-state index is 5.70. The molecule has 0 fully saturated rings. The molecule has 2 rings (SSSR count). The topological polar surface area (TPSA) is 50.9 Å². The number of pyridine rings is 1. The van der Waals surface area contributed by atoms with E-state index in [-0.39, 0.29) is 6.04 Å². The maximum atomic E-state index is 5.70. The molecule has 0 spiro atoms. The van der Waals surface area contributed by atoms with E-state index in [4.69, 9.17) is 5.84 Å². The van der Waals surface area contributed by atoms with E-state index in [2.05, 4.69) is 42.5 Å². The normalized spacial score (nSPS) is 12.4. The van der Waals surface area contributed by atoms with Crippen molar-refractivity contribution in [3.63, 3.8) is 0 Å². The number of hydrogen-bond acceptors (Lipinski definition) is 3. The molecule has 0 amide bonds. The van der Waals surface area contributed by atoms with Crippen LogP contribution in [-0.4, -0.2) is 4.98 Å². The zero-order valence-electron chi connectivity index (χ0n) is 11.1. The Morgan fingerprint density at radius 1 is 1.06 bits per heavy atom. The van der Waals surface area contributed by atoms with Gasteiger partial charge in [-0.05, 0) is 49.1 Å². The van der Waals surface area contributed by atoms with Crippen molar-refractivity contribution in [1.82, 2.24) is 10.4 Å². The highest BCUT2D eigenvalue weighted by molar-refractivity contribution is 5.37. The third kappa shape index (κ3) is 2.42. The molecule has 0 radical (unpaired) electrons. The molecular weight excluding hydrogens is 222 g/mol. The van der Waals surface area contributed by atoms with E-state index in [0.29, 0.717) is 0 Å². The molecule has 3 heteroatoms. The third-order valence-electron chi connectivity index (χ3n) is 3.35. The summed E-state index contributed by atoms with van der Waals surface area (Å²) < 4.78 is 0. The average molecular weight is 241 g/mol. The highest BCUT2D eigenvalue weighted by Crippen LogP contribution is 2.23. The number of benzene rings is 1. The van der Waals surface area contributed by atoms with Crippen molar-refractivity contribution in [3.8, 4) is 0 Å². The van der Waals surface area contributed by atoms with Crippen molar-refractivity contribution in [3.05, 3.63) is 64.5 Å². The maximum Gasteiger partial charge on any atom is 0.0884 e. The second kappa shape index (κ2) is 5.29. The fraction of sp³-hybridized carbons (Fsp3) is 0.267. The summed E-state index contributed by atoms with van der Waals surface area (Å²) in [5.41, 5.74) is 8.66. The van der Waals surface area contributed by atoms with Gasteiger partial charge in [0, 0.05) is 6.20 Å². The number of hydrogen-bond donors (Lipinski definition) is 2. The summed E-state index contributed by atoms with van der Waals surface area (Å²) in [6.45, 7) is 6.27. The van der Waals surface area contributed by atoms with Crippen molar-refractivity contribution in [1.29, 1.82) is 0 Å². The van der Waals surface area contributed by atoms with E-state index < -0.39 is 0 Å². The van der Waals surface area contributed by atoms with E-state index in [0.717, 1.165) is 16.8 Å². The second-order valence-electron chi connectivity index (χ2n) is 4.65. The first-order valence-corrected chi connectivity index (χ1v) is 6.08. The van der Waals surface area contributed by atoms with E-state index in [1.54, 1.807) is 6.20 Å². The van der Waals surface area contributed by atoms with Gasteiger partial charge >= 0.3 is 0 Å². The van der Waals surface area contributed by atoms with Crippen molar-refractivity contribution in [2.75, 3.05) is 0 Å². The van der Waals surface area contributed by atoms with Crippen LogP contribution in [0.1, 0.15) is 34.0 Å². The van der Waals surface area contributed by atoms with Gasteiger partial charge in [0.05, 0.1) is 11.7 Å². The highest BCUT2D eigenvalue weighted by atomic mass is 15.2. The predicted molar refractivity (Wildman–Crippen MR) is 74.1 cm³/mol. The lowest BCUT2D eigenvalue weighted by Crippen LogP contribution is -2.30. The molecule has 18 heavy (non-hydrogen) atoms. The minimum Gasteiger partial charge on any atom is -0.271 e. The lowest BCUT2D eigenvalue weighted by molar-refractivity contribution is 0.616. The first-order valence-electron chi connectivity index (χ1n) is 6.08. The largest absolute Gasteiger partial charge is 0.271 e. The van der Waals surface area contributed by atoms with Gasteiger partial charge < -0.3 is 0 Å². The Hall–Kier alpha value is -1.71. The molecule has 0 aliphatic heterocycles. The Morgan fingerprint density at radius 2 is 1.83 bits per heavy atom. The average Bonchev–Trinajstić information content (AvgIpc) is 2.37. The standard InChI is InChI=1S/C15H19N3/c1-10-6-7-13(9-12(10)3)15(18-16)14-11(2)5-4-8-17-14/h4-9,15,18H,16H2,1-3H3. The Kier molecular flexibility index (Phi) is 3.75. The molecule has 0 aliphatic rings. The summed E-state index contributed by atoms with van der Waals surface area (Å²) in [4.78, 5) is 4.44. The fourth-order valence-corrected chi connectivity index (χ4v) is 2.08. The lowest BCUT2D eigenvalue weighted by atomic mass is 9.97. The molecule has 1 atom stereocenters. The predicted octanol–water partition coefficient (Wildman–Crippen LogP) is 2.56. The number of rotatable bonds is 3. The molecule has 1 aromatic carbocycles. The van der Waals surface area contributed by atoms with Crippen LogP contribution in [0, 0.1) is 20.8 Å². The van der Waals surface area contributed by atoms with Gasteiger partial charge in [0.15, 0.2) is 0 Å². The SMILES string of the molecule is Cc1ccc(C(NN)c2ncccc2C)cc1C. The molecule has 0 saturated heterocycles. The highest BCUT2D eigenvalue weighted by Gasteiger charge is 2.16. The van der Waals surface area contributed by atoms with Gasteiger partial charge in [0.2, 0.25) is 0 Å². The summed E-state index contributed by atoms with van der Waals surface area (Å²) in [6, 6.07) is 10.3. The van der Waals surface area contributed by atoms with Gasteiger partial charge in [-0.2, -0.15) is 0 Å². The second-order valence-corrected chi connectivity index (χ2v) is 4.65. The Balaban J connectivity index is 2.45. The van der Waals surface area contributed by atoms with E-state index >= 15 is 0 Å². The van der Waals surface area contributed by atoms with Crippen LogP contribution in [0.4, 0.5) is 0 Å². The van der Waals surface area contributed by atoms with Gasteiger partial charge in [-0.1, -0.05) is 24.3 Å². The quantitative estimate of drug-likeness (QED) is 0.641. The van der Waals surface area contributed by atoms with Crippen LogP contribution in [0.3, 0.4) is 0 Å². The van der Waals surface area contributed by atoms with E-state index in [1.807, 2.05) is 19.1 Å². The summed E-state index contributed by atoms with van der Waals surface area (Å²) in [6.07, 6.45) is 1.80. The number of nitrogens with one attached hydrogen (secondary N) is 1. The number of hydrazine groups is 1. The summed E-state index contributed by atoms with van der Waals surface area (Å²) >= 11 is 0. The van der Waals surface area contributed by atoms with E-state index in [1.165, 1.54) is 11.1 Å². The minimum absolute atomic E-state index is 0.0644. The van der Waals surface area contributed by atoms with E-state index in [9.17, 15) is 0 Å². The first kappa shape index (κ1) is 12.7. The zero-order valence-corrected chi connectivity index (χ0v) is 11.1. The molecular formula is C15H19N3. The minimum atomic E-state index is -0.0644. The van der Waals surface area contributed by atoms with Gasteiger partial charge in [-0.25, -0.2) is 5.43 Å². The number of nitrogens with two attached hydrogens (primary N) is 1. The summed E-state index contributed by atoms with van der Waals surface area (Å²) in [5, 5.41) is 0. The van der Waals surface area contributed by atoms with Crippen molar-refractivity contribution < 1.29 is 0 Å². The number of nitrogens with zero attached hydrogens (tertiary/aromatic N) is 1. The number of aryl methyl sites for hydroxylation is 3. The Bertz CT molecular complexity index is 549.